The summed E-state index contributed by atoms with van der Waals surface area (Å²) in [6.45, 7) is 1.40. The van der Waals surface area contributed by atoms with Crippen LogP contribution in [0.15, 0.2) is 18.2 Å². The van der Waals surface area contributed by atoms with E-state index in [-0.39, 0.29) is 5.56 Å². The molecule has 1 aromatic rings. The van der Waals surface area contributed by atoms with Gasteiger partial charge in [0.05, 0.1) is 11.1 Å². The molecule has 0 heterocycles. The van der Waals surface area contributed by atoms with Crippen LogP contribution >= 0.6 is 0 Å². The molecule has 7 heteroatoms. The first-order chi connectivity index (χ1) is 8.25. The second-order valence-corrected chi connectivity index (χ2v) is 3.44. The molecule has 0 aliphatic carbocycles. The summed E-state index contributed by atoms with van der Waals surface area (Å²) < 4.78 is 47.6. The SMILES string of the molecule is COC(C)Oc1cc(C(=O)O)ccc1C(F)(F)F. The van der Waals surface area contributed by atoms with Crippen LogP contribution in [0.2, 0.25) is 0 Å². The van der Waals surface area contributed by atoms with Crippen LogP contribution in [0.5, 0.6) is 5.75 Å². The highest BCUT2D eigenvalue weighted by Crippen LogP contribution is 2.37. The first-order valence-electron chi connectivity index (χ1n) is 4.89. The van der Waals surface area contributed by atoms with Crippen LogP contribution in [-0.4, -0.2) is 24.5 Å². The van der Waals surface area contributed by atoms with Gasteiger partial charge in [-0.3, -0.25) is 0 Å². The van der Waals surface area contributed by atoms with Crippen molar-refractivity contribution in [2.24, 2.45) is 0 Å². The van der Waals surface area contributed by atoms with Crippen molar-refractivity contribution in [3.8, 4) is 5.75 Å². The van der Waals surface area contributed by atoms with Crippen LogP contribution in [0.4, 0.5) is 13.2 Å². The summed E-state index contributed by atoms with van der Waals surface area (Å²) in [6, 6.07) is 2.36. The van der Waals surface area contributed by atoms with Gasteiger partial charge in [0.25, 0.3) is 0 Å². The van der Waals surface area contributed by atoms with Gasteiger partial charge in [-0.1, -0.05) is 0 Å². The Morgan fingerprint density at radius 1 is 1.39 bits per heavy atom. The molecule has 0 aromatic heterocycles. The van der Waals surface area contributed by atoms with E-state index in [4.69, 9.17) is 9.84 Å². The number of halogens is 3. The van der Waals surface area contributed by atoms with Gasteiger partial charge in [-0.15, -0.1) is 0 Å². The fourth-order valence-electron chi connectivity index (χ4n) is 1.21. The number of carboxylic acids is 1. The minimum absolute atomic E-state index is 0.290. The molecule has 0 saturated heterocycles. The van der Waals surface area contributed by atoms with Crippen LogP contribution in [0, 0.1) is 0 Å². The van der Waals surface area contributed by atoms with E-state index in [0.29, 0.717) is 6.07 Å². The number of aromatic carboxylic acids is 1. The zero-order valence-electron chi connectivity index (χ0n) is 9.62. The Bertz CT molecular complexity index is 442. The van der Waals surface area contributed by atoms with Crippen molar-refractivity contribution in [3.05, 3.63) is 29.3 Å². The molecular weight excluding hydrogens is 253 g/mol. The van der Waals surface area contributed by atoms with Crippen molar-refractivity contribution in [1.82, 2.24) is 0 Å². The zero-order chi connectivity index (χ0) is 13.9. The van der Waals surface area contributed by atoms with E-state index in [2.05, 4.69) is 4.74 Å². The van der Waals surface area contributed by atoms with Gasteiger partial charge in [-0.2, -0.15) is 13.2 Å². The van der Waals surface area contributed by atoms with Gasteiger partial charge in [-0.25, -0.2) is 4.79 Å². The summed E-state index contributed by atoms with van der Waals surface area (Å²) in [5.41, 5.74) is -1.34. The van der Waals surface area contributed by atoms with Gasteiger partial charge < -0.3 is 14.6 Å². The van der Waals surface area contributed by atoms with Crippen molar-refractivity contribution >= 4 is 5.97 Å². The van der Waals surface area contributed by atoms with Gasteiger partial charge >= 0.3 is 12.1 Å². The molecule has 100 valence electrons. The van der Waals surface area contributed by atoms with Gasteiger partial charge in [-0.05, 0) is 25.1 Å². The fraction of sp³-hybridized carbons (Fsp3) is 0.364. The lowest BCUT2D eigenvalue weighted by molar-refractivity contribution is -0.141. The lowest BCUT2D eigenvalue weighted by Crippen LogP contribution is -2.17. The van der Waals surface area contributed by atoms with Crippen LogP contribution in [0.25, 0.3) is 0 Å². The van der Waals surface area contributed by atoms with Crippen LogP contribution in [0.3, 0.4) is 0 Å². The lowest BCUT2D eigenvalue weighted by Gasteiger charge is -2.17. The Kier molecular flexibility index (Phi) is 4.18. The average molecular weight is 264 g/mol. The van der Waals surface area contributed by atoms with Crippen LogP contribution in [-0.2, 0) is 10.9 Å². The molecule has 0 bridgehead atoms. The standard InChI is InChI=1S/C11H11F3O4/c1-6(17-2)18-9-5-7(10(15)16)3-4-8(9)11(12,13)14/h3-6H,1-2H3,(H,15,16). The number of benzene rings is 1. The molecule has 1 N–H and O–H groups in total. The summed E-state index contributed by atoms with van der Waals surface area (Å²) in [6.07, 6.45) is -5.55. The van der Waals surface area contributed by atoms with Crippen molar-refractivity contribution in [1.29, 1.82) is 0 Å². The minimum atomic E-state index is -4.63. The molecule has 0 aliphatic heterocycles. The highest BCUT2D eigenvalue weighted by Gasteiger charge is 2.35. The summed E-state index contributed by atoms with van der Waals surface area (Å²) >= 11 is 0. The fourth-order valence-corrected chi connectivity index (χ4v) is 1.21. The number of hydrogen-bond acceptors (Lipinski definition) is 3. The summed E-state index contributed by atoms with van der Waals surface area (Å²) in [5.74, 6) is -1.91. The number of alkyl halides is 3. The monoisotopic (exact) mass is 264 g/mol. The van der Waals surface area contributed by atoms with E-state index in [1.54, 1.807) is 0 Å². The first kappa shape index (κ1) is 14.3. The molecule has 0 saturated carbocycles. The quantitative estimate of drug-likeness (QED) is 0.849. The molecule has 1 aromatic carbocycles. The lowest BCUT2D eigenvalue weighted by atomic mass is 10.1. The molecule has 0 radical (unpaired) electrons. The molecule has 1 unspecified atom stereocenters. The normalized spacial score (nSPS) is 13.2. The van der Waals surface area contributed by atoms with Crippen molar-refractivity contribution in [2.45, 2.75) is 19.4 Å². The zero-order valence-corrected chi connectivity index (χ0v) is 9.62. The van der Waals surface area contributed by atoms with Crippen LogP contribution in [0.1, 0.15) is 22.8 Å². The third-order valence-electron chi connectivity index (χ3n) is 2.16. The topological polar surface area (TPSA) is 55.8 Å². The minimum Gasteiger partial charge on any atom is -0.478 e. The van der Waals surface area contributed by atoms with Crippen molar-refractivity contribution in [2.75, 3.05) is 7.11 Å². The largest absolute Gasteiger partial charge is 0.478 e. The van der Waals surface area contributed by atoms with E-state index < -0.39 is 29.7 Å². The number of methoxy groups -OCH3 is 1. The van der Waals surface area contributed by atoms with Crippen molar-refractivity contribution in [3.63, 3.8) is 0 Å². The van der Waals surface area contributed by atoms with E-state index in [0.717, 1.165) is 12.1 Å². The summed E-state index contributed by atoms with van der Waals surface area (Å²) in [7, 11) is 1.26. The number of carboxylic acid groups (broad SMARTS) is 1. The van der Waals surface area contributed by atoms with Gasteiger partial charge in [0, 0.05) is 7.11 Å². The first-order valence-corrected chi connectivity index (χ1v) is 4.89. The maximum Gasteiger partial charge on any atom is 0.419 e. The summed E-state index contributed by atoms with van der Waals surface area (Å²) in [4.78, 5) is 10.7. The molecular formula is C11H11F3O4. The maximum atomic E-state index is 12.7. The number of ether oxygens (including phenoxy) is 2. The van der Waals surface area contributed by atoms with Crippen LogP contribution < -0.4 is 4.74 Å². The highest BCUT2D eigenvalue weighted by atomic mass is 19.4. The molecule has 0 fully saturated rings. The molecule has 18 heavy (non-hydrogen) atoms. The molecule has 1 atom stereocenters. The second kappa shape index (κ2) is 5.26. The third kappa shape index (κ3) is 3.36. The number of rotatable bonds is 4. The van der Waals surface area contributed by atoms with Gasteiger partial charge in [0.1, 0.15) is 5.75 Å². The number of hydrogen-bond donors (Lipinski definition) is 1. The van der Waals surface area contributed by atoms with E-state index in [1.165, 1.54) is 14.0 Å². The van der Waals surface area contributed by atoms with Gasteiger partial charge in [0.15, 0.2) is 6.29 Å². The summed E-state index contributed by atoms with van der Waals surface area (Å²) in [5, 5.41) is 8.73. The Labute approximate surface area is 101 Å². The van der Waals surface area contributed by atoms with Crippen molar-refractivity contribution < 1.29 is 32.5 Å². The smallest absolute Gasteiger partial charge is 0.419 e. The molecule has 0 amide bonds. The molecule has 0 aliphatic rings. The van der Waals surface area contributed by atoms with Gasteiger partial charge in [0.2, 0.25) is 0 Å². The average Bonchev–Trinajstić information content (AvgIpc) is 2.27. The number of carbonyl (C=O) groups is 1. The Hall–Kier alpha value is -1.76. The molecule has 0 spiro atoms. The second-order valence-electron chi connectivity index (χ2n) is 3.44. The highest BCUT2D eigenvalue weighted by molar-refractivity contribution is 5.88. The Balaban J connectivity index is 3.22. The maximum absolute atomic E-state index is 12.7. The predicted octanol–water partition coefficient (Wildman–Crippen LogP) is 2.77. The van der Waals surface area contributed by atoms with E-state index in [1.807, 2.05) is 0 Å². The Morgan fingerprint density at radius 2 is 2.00 bits per heavy atom. The Morgan fingerprint density at radius 3 is 2.44 bits per heavy atom. The molecule has 4 nitrogen and oxygen atoms in total. The predicted molar refractivity (Wildman–Crippen MR) is 55.5 cm³/mol. The van der Waals surface area contributed by atoms with E-state index in [9.17, 15) is 18.0 Å². The third-order valence-corrected chi connectivity index (χ3v) is 2.16. The van der Waals surface area contributed by atoms with E-state index >= 15 is 0 Å². The molecule has 1 rings (SSSR count).